The van der Waals surface area contributed by atoms with Gasteiger partial charge in [-0.1, -0.05) is 143 Å². The molecule has 9 aliphatic heterocycles. The quantitative estimate of drug-likeness (QED) is 0.0813. The molecule has 17 rings (SSSR count). The van der Waals surface area contributed by atoms with Crippen molar-refractivity contribution >= 4 is 157 Å². The lowest BCUT2D eigenvalue weighted by atomic mass is 10.2. The highest BCUT2D eigenvalue weighted by Crippen LogP contribution is 2.34. The van der Waals surface area contributed by atoms with Gasteiger partial charge in [0.25, 0.3) is 47.3 Å². The number of halogens is 4. The van der Waals surface area contributed by atoms with Crippen LogP contribution in [0.4, 0.5) is 22.7 Å². The monoisotopic (exact) mass is 1800 g/mol. The molecule has 8 amide bonds. The largest absolute Gasteiger partial charge is 0.381 e. The van der Waals surface area contributed by atoms with Crippen molar-refractivity contribution in [1.82, 2.24) is 36.8 Å². The Morgan fingerprint density at radius 2 is 0.430 bits per heavy atom. The molecule has 0 atom stereocenters. The number of nitrogens with zero attached hydrogens (tertiary/aromatic N) is 12. The van der Waals surface area contributed by atoms with Gasteiger partial charge in [-0.05, 0) is 134 Å². The molecule has 8 aromatic carbocycles. The van der Waals surface area contributed by atoms with Crippen molar-refractivity contribution in [1.29, 1.82) is 0 Å². The zero-order valence-electron chi connectivity index (χ0n) is 64.7. The summed E-state index contributed by atoms with van der Waals surface area (Å²) in [5, 5.41) is 1.71. The van der Waals surface area contributed by atoms with Gasteiger partial charge in [-0.15, -0.1) is 0 Å². The van der Waals surface area contributed by atoms with Crippen LogP contribution in [0.15, 0.2) is 285 Å². The Bertz CT molecular complexity index is 5180. The Morgan fingerprint density at radius 3 is 0.595 bits per heavy atom. The predicted molar refractivity (Wildman–Crippen MR) is 455 cm³/mol. The lowest BCUT2D eigenvalue weighted by molar-refractivity contribution is -0.122. The highest BCUT2D eigenvalue weighted by atomic mass is 35.5. The number of ether oxygens (including phenoxy) is 1. The van der Waals surface area contributed by atoms with E-state index in [1.54, 1.807) is 238 Å². The van der Waals surface area contributed by atoms with Crippen molar-refractivity contribution in [2.24, 2.45) is 0 Å². The van der Waals surface area contributed by atoms with Gasteiger partial charge in [0.05, 0.1) is 42.3 Å². The number of sulfonamides is 4. The third kappa shape index (κ3) is 20.1. The molecule has 8 aromatic rings. The van der Waals surface area contributed by atoms with Crippen LogP contribution in [0.25, 0.3) is 0 Å². The number of rotatable bonds is 16. The summed E-state index contributed by atoms with van der Waals surface area (Å²) in [6.45, 7) is 6.39. The predicted octanol–water partition coefficient (Wildman–Crippen LogP) is 9.21. The number of hydrogen-bond donors (Lipinski definition) is 0. The molecule has 0 saturated carbocycles. The third-order valence-corrected chi connectivity index (χ3v) is 29.1. The van der Waals surface area contributed by atoms with Crippen LogP contribution in [0.5, 0.6) is 0 Å². The first-order valence-corrected chi connectivity index (χ1v) is 45.5. The van der Waals surface area contributed by atoms with Gasteiger partial charge in [-0.2, -0.15) is 17.2 Å². The van der Waals surface area contributed by atoms with Gasteiger partial charge in [0.15, 0.2) is 0 Å². The molecular weight excluding hydrogens is 1720 g/mol. The van der Waals surface area contributed by atoms with Crippen LogP contribution in [-0.2, 0) is 83.2 Å². The fourth-order valence-corrected chi connectivity index (χ4v) is 20.8. The summed E-state index contributed by atoms with van der Waals surface area (Å²) in [6, 6.07) is 59.1. The SMILES string of the molecule is C1CCOC1.O=C1C=C(N2CCN(S(=O)(=O)c3ccccc3)CC2)C(=O)N1c1cccc(Cl)c1.O=C1C=C(N2CCN(S(=O)(=O)c3ccccc3)CC2)C(=O)N1c1cccc(Cl)c1.O=C1C=C(N2CCN(S(=O)(=O)c3ccccc3)CC2)C(=O)N1c1cccc(Cl)c1.O=C1C=C(N2CCN(S(=O)(=O)c3ccccc3)CC2)C(=O)N1c1cccc(Cl)c1. The van der Waals surface area contributed by atoms with Crippen LogP contribution in [0, 0.1) is 0 Å². The Hall–Kier alpha value is -10.8. The summed E-state index contributed by atoms with van der Waals surface area (Å²) in [4.78, 5) is 113. The number of amides is 8. The molecule has 121 heavy (non-hydrogen) atoms. The molecule has 0 unspecified atom stereocenters. The third-order valence-electron chi connectivity index (χ3n) is 20.5. The van der Waals surface area contributed by atoms with E-state index in [0.29, 0.717) is 95.2 Å². The number of anilines is 4. The van der Waals surface area contributed by atoms with Crippen molar-refractivity contribution in [2.45, 2.75) is 32.4 Å². The summed E-state index contributed by atoms with van der Waals surface area (Å²) in [5.41, 5.74) is 2.71. The Kier molecular flexibility index (Phi) is 28.0. The molecule has 5 fully saturated rings. The summed E-state index contributed by atoms with van der Waals surface area (Å²) < 4.78 is 113. The van der Waals surface area contributed by atoms with Gasteiger partial charge < -0.3 is 24.3 Å². The average molecular weight is 1800 g/mol. The van der Waals surface area contributed by atoms with E-state index < -0.39 is 87.4 Å². The molecule has 0 aliphatic carbocycles. The topological polar surface area (TPSA) is 321 Å². The molecular formula is C84H80Cl4N12O17S4. The molecule has 0 bridgehead atoms. The highest BCUT2D eigenvalue weighted by molar-refractivity contribution is 7.90. The standard InChI is InChI=1S/4C20H18ClN3O4S.C4H8O/c4*21-15-5-4-6-16(13-15)24-19(25)14-18(20(24)26)22-9-11-23(12-10-22)29(27,28)17-7-2-1-3-8-17;1-2-4-5-3-1/h4*1-8,13-14H,9-12H2;1-4H2. The number of imide groups is 4. The molecule has 29 nitrogen and oxygen atoms in total. The maximum absolute atomic E-state index is 12.8. The molecule has 37 heteroatoms. The van der Waals surface area contributed by atoms with Gasteiger partial charge in [0.1, 0.15) is 22.8 Å². The van der Waals surface area contributed by atoms with E-state index in [9.17, 15) is 72.0 Å². The van der Waals surface area contributed by atoms with E-state index in [1.807, 2.05) is 0 Å². The molecule has 0 spiro atoms. The minimum absolute atomic E-state index is 0.229. The first-order valence-electron chi connectivity index (χ1n) is 38.2. The molecule has 9 heterocycles. The zero-order valence-corrected chi connectivity index (χ0v) is 71.0. The van der Waals surface area contributed by atoms with Gasteiger partial charge in [-0.25, -0.2) is 53.3 Å². The number of hydrogen-bond acceptors (Lipinski definition) is 21. The van der Waals surface area contributed by atoms with Gasteiger partial charge in [0, 0.05) is 162 Å². The number of carbonyl (C=O) groups is 8. The summed E-state index contributed by atoms with van der Waals surface area (Å²) >= 11 is 23.9. The fraction of sp³-hybridized carbons (Fsp3) is 0.238. The zero-order chi connectivity index (χ0) is 85.9. The first kappa shape index (κ1) is 88.0. The number of carbonyl (C=O) groups excluding carboxylic acids is 8. The average Bonchev–Trinajstić information content (AvgIpc) is 1.67. The van der Waals surface area contributed by atoms with E-state index in [2.05, 4.69) is 0 Å². The second-order valence-corrected chi connectivity index (χ2v) is 37.6. The summed E-state index contributed by atoms with van der Waals surface area (Å²) in [6.07, 6.45) is 7.74. The van der Waals surface area contributed by atoms with Crippen molar-refractivity contribution in [3.63, 3.8) is 0 Å². The Balaban J connectivity index is 0.000000136. The second-order valence-electron chi connectivity index (χ2n) is 28.1. The van der Waals surface area contributed by atoms with Crippen molar-refractivity contribution in [3.05, 3.63) is 286 Å². The van der Waals surface area contributed by atoms with Gasteiger partial charge in [0.2, 0.25) is 40.1 Å². The lowest BCUT2D eigenvalue weighted by Gasteiger charge is -2.35. The minimum Gasteiger partial charge on any atom is -0.381 e. The second kappa shape index (κ2) is 38.5. The maximum atomic E-state index is 12.8. The molecule has 630 valence electrons. The van der Waals surface area contributed by atoms with Gasteiger partial charge >= 0.3 is 0 Å². The fourth-order valence-electron chi connectivity index (χ4n) is 14.3. The normalized spacial score (nSPS) is 18.5. The van der Waals surface area contributed by atoms with Crippen LogP contribution in [0.3, 0.4) is 0 Å². The van der Waals surface area contributed by atoms with E-state index in [0.717, 1.165) is 32.8 Å². The van der Waals surface area contributed by atoms with Gasteiger partial charge in [-0.3, -0.25) is 38.4 Å². The van der Waals surface area contributed by atoms with Crippen LogP contribution < -0.4 is 19.6 Å². The molecule has 9 aliphatic rings. The van der Waals surface area contributed by atoms with Crippen molar-refractivity contribution in [2.75, 3.05) is 138 Å². The summed E-state index contributed by atoms with van der Waals surface area (Å²) in [7, 11) is -14.3. The van der Waals surface area contributed by atoms with Crippen molar-refractivity contribution < 1.29 is 76.8 Å². The smallest absolute Gasteiger partial charge is 0.281 e. The van der Waals surface area contributed by atoms with Crippen LogP contribution in [0.1, 0.15) is 12.8 Å². The molecule has 0 radical (unpaired) electrons. The molecule has 5 saturated heterocycles. The first-order chi connectivity index (χ1) is 58.0. The van der Waals surface area contributed by atoms with Crippen LogP contribution in [0.2, 0.25) is 20.1 Å². The van der Waals surface area contributed by atoms with Crippen LogP contribution >= 0.6 is 46.4 Å². The Labute approximate surface area is 720 Å². The van der Waals surface area contributed by atoms with E-state index in [4.69, 9.17) is 51.1 Å². The number of benzene rings is 8. The number of piperazine rings is 4. The molecule has 0 N–H and O–H groups in total. The maximum Gasteiger partial charge on any atom is 0.281 e. The van der Waals surface area contributed by atoms with E-state index >= 15 is 0 Å². The van der Waals surface area contributed by atoms with E-state index in [1.165, 1.54) is 54.4 Å². The van der Waals surface area contributed by atoms with Crippen molar-refractivity contribution in [3.8, 4) is 0 Å². The lowest BCUT2D eigenvalue weighted by Crippen LogP contribution is -2.49. The molecule has 0 aromatic heterocycles. The van der Waals surface area contributed by atoms with E-state index in [-0.39, 0.29) is 94.7 Å². The Morgan fingerprint density at radius 1 is 0.240 bits per heavy atom. The minimum atomic E-state index is -3.58. The van der Waals surface area contributed by atoms with Crippen LogP contribution in [-0.4, -0.2) is 236 Å². The highest BCUT2D eigenvalue weighted by Gasteiger charge is 2.43. The summed E-state index contributed by atoms with van der Waals surface area (Å²) in [5.74, 6) is -3.49.